The van der Waals surface area contributed by atoms with Crippen LogP contribution in [0.4, 0.5) is 14.5 Å². The van der Waals surface area contributed by atoms with Crippen LogP contribution in [0.25, 0.3) is 11.3 Å². The van der Waals surface area contributed by atoms with Crippen LogP contribution in [0.15, 0.2) is 36.5 Å². The van der Waals surface area contributed by atoms with Crippen LogP contribution in [0, 0.1) is 12.7 Å². The lowest BCUT2D eigenvalue weighted by Gasteiger charge is -2.36. The summed E-state index contributed by atoms with van der Waals surface area (Å²) in [5.41, 5.74) is 2.76. The van der Waals surface area contributed by atoms with Gasteiger partial charge in [0.05, 0.1) is 18.3 Å². The van der Waals surface area contributed by atoms with E-state index >= 15 is 0 Å². The molecule has 1 amide bonds. The third kappa shape index (κ3) is 3.95. The highest BCUT2D eigenvalue weighted by molar-refractivity contribution is 5.73. The highest BCUT2D eigenvalue weighted by Gasteiger charge is 2.30. The van der Waals surface area contributed by atoms with E-state index in [0.717, 1.165) is 5.69 Å². The number of nitrogens with zero attached hydrogens (tertiary/aromatic N) is 2. The van der Waals surface area contributed by atoms with Gasteiger partial charge in [-0.05, 0) is 37.1 Å². The first kappa shape index (κ1) is 17.3. The van der Waals surface area contributed by atoms with E-state index in [2.05, 4.69) is 10.3 Å². The van der Waals surface area contributed by atoms with Gasteiger partial charge in [0.15, 0.2) is 0 Å². The number of amides is 1. The Morgan fingerprint density at radius 2 is 2.12 bits per heavy atom. The van der Waals surface area contributed by atoms with Crippen molar-refractivity contribution in [2.24, 2.45) is 0 Å². The van der Waals surface area contributed by atoms with Crippen molar-refractivity contribution in [1.29, 1.82) is 0 Å². The third-order valence-corrected chi connectivity index (χ3v) is 4.51. The van der Waals surface area contributed by atoms with E-state index < -0.39 is 12.2 Å². The maximum atomic E-state index is 14.3. The van der Waals surface area contributed by atoms with Crippen molar-refractivity contribution in [3.8, 4) is 11.3 Å². The Labute approximate surface area is 145 Å². The summed E-state index contributed by atoms with van der Waals surface area (Å²) in [6.45, 7) is 3.95. The normalized spacial score (nSPS) is 20.4. The number of rotatable bonds is 3. The second kappa shape index (κ2) is 7.17. The topological polar surface area (TPSA) is 45.2 Å². The van der Waals surface area contributed by atoms with Gasteiger partial charge >= 0.3 is 0 Å². The lowest BCUT2D eigenvalue weighted by atomic mass is 10.0. The summed E-state index contributed by atoms with van der Waals surface area (Å²) in [5, 5.41) is 2.66. The van der Waals surface area contributed by atoms with Gasteiger partial charge in [0.2, 0.25) is 5.91 Å². The van der Waals surface area contributed by atoms with Crippen LogP contribution in [0.5, 0.6) is 0 Å². The van der Waals surface area contributed by atoms with Crippen molar-refractivity contribution >= 4 is 11.6 Å². The molecule has 1 aromatic heterocycles. The monoisotopic (exact) mass is 345 g/mol. The molecule has 1 saturated heterocycles. The molecule has 2 atom stereocenters. The van der Waals surface area contributed by atoms with Crippen LogP contribution in [0.2, 0.25) is 0 Å². The highest BCUT2D eigenvalue weighted by atomic mass is 19.1. The molecular formula is C19H21F2N3O. The summed E-state index contributed by atoms with van der Waals surface area (Å²) in [5.74, 6) is -0.488. The zero-order valence-electron chi connectivity index (χ0n) is 14.3. The van der Waals surface area contributed by atoms with Gasteiger partial charge in [-0.3, -0.25) is 9.78 Å². The quantitative estimate of drug-likeness (QED) is 0.929. The molecule has 1 aliphatic heterocycles. The van der Waals surface area contributed by atoms with Crippen molar-refractivity contribution in [2.75, 3.05) is 18.0 Å². The average Bonchev–Trinajstić information content (AvgIpc) is 2.59. The summed E-state index contributed by atoms with van der Waals surface area (Å²) in [6.07, 6.45) is 1.05. The van der Waals surface area contributed by atoms with Crippen LogP contribution in [0.1, 0.15) is 18.9 Å². The molecule has 0 aliphatic carbocycles. The minimum Gasteiger partial charge on any atom is -0.368 e. The SMILES string of the molecule is CC(=O)N[C@H]1CCN(c2ccnc(-c3ccc(C)c(F)c3)c2)C[C@@H]1F. The van der Waals surface area contributed by atoms with Crippen molar-refractivity contribution in [2.45, 2.75) is 32.5 Å². The first-order valence-corrected chi connectivity index (χ1v) is 8.33. The average molecular weight is 345 g/mol. The highest BCUT2D eigenvalue weighted by Crippen LogP contribution is 2.26. The largest absolute Gasteiger partial charge is 0.368 e. The molecule has 6 heteroatoms. The summed E-state index contributed by atoms with van der Waals surface area (Å²) in [4.78, 5) is 17.4. The van der Waals surface area contributed by atoms with Gasteiger partial charge in [-0.2, -0.15) is 0 Å². The van der Waals surface area contributed by atoms with Crippen LogP contribution in [-0.2, 0) is 4.79 Å². The summed E-state index contributed by atoms with van der Waals surface area (Å²) < 4.78 is 28.1. The Hall–Kier alpha value is -2.50. The van der Waals surface area contributed by atoms with Gasteiger partial charge in [0.25, 0.3) is 0 Å². The second-order valence-corrected chi connectivity index (χ2v) is 6.42. The molecule has 1 fully saturated rings. The Morgan fingerprint density at radius 3 is 2.80 bits per heavy atom. The molecule has 1 aromatic carbocycles. The van der Waals surface area contributed by atoms with E-state index in [9.17, 15) is 13.6 Å². The smallest absolute Gasteiger partial charge is 0.217 e. The molecule has 2 aromatic rings. The Kier molecular flexibility index (Phi) is 4.97. The number of benzene rings is 1. The molecule has 2 heterocycles. The molecule has 1 aliphatic rings. The Morgan fingerprint density at radius 1 is 1.32 bits per heavy atom. The first-order chi connectivity index (χ1) is 11.9. The molecule has 0 unspecified atom stereocenters. The lowest BCUT2D eigenvalue weighted by Crippen LogP contribution is -2.52. The van der Waals surface area contributed by atoms with Crippen LogP contribution in [-0.4, -0.2) is 36.2 Å². The van der Waals surface area contributed by atoms with Crippen LogP contribution < -0.4 is 10.2 Å². The Balaban J connectivity index is 1.78. The van der Waals surface area contributed by atoms with Crippen LogP contribution >= 0.6 is 0 Å². The molecule has 4 nitrogen and oxygen atoms in total. The maximum absolute atomic E-state index is 14.3. The van der Waals surface area contributed by atoms with Crippen molar-refractivity contribution in [3.05, 3.63) is 47.9 Å². The maximum Gasteiger partial charge on any atom is 0.217 e. The summed E-state index contributed by atoms with van der Waals surface area (Å²) >= 11 is 0. The second-order valence-electron chi connectivity index (χ2n) is 6.42. The zero-order chi connectivity index (χ0) is 18.0. The predicted molar refractivity (Wildman–Crippen MR) is 93.7 cm³/mol. The molecule has 132 valence electrons. The summed E-state index contributed by atoms with van der Waals surface area (Å²) in [7, 11) is 0. The molecule has 0 radical (unpaired) electrons. The number of carbonyl (C=O) groups excluding carboxylic acids is 1. The minimum absolute atomic E-state index is 0.205. The number of carbonyl (C=O) groups is 1. The molecule has 3 rings (SSSR count). The van der Waals surface area contributed by atoms with E-state index in [1.165, 1.54) is 13.0 Å². The number of anilines is 1. The molecule has 1 N–H and O–H groups in total. The standard InChI is InChI=1S/C19H21F2N3O/c1-12-3-4-14(9-16(12)20)19-10-15(5-7-22-19)24-8-6-18(17(21)11-24)23-13(2)25/h3-5,7,9-10,17-18H,6,8,11H2,1-2H3,(H,23,25)/t17-,18-/m0/s1. The van der Waals surface area contributed by atoms with Crippen molar-refractivity contribution < 1.29 is 13.6 Å². The fraction of sp³-hybridized carbons (Fsp3) is 0.368. The van der Waals surface area contributed by atoms with E-state index in [1.807, 2.05) is 23.1 Å². The van der Waals surface area contributed by atoms with Gasteiger partial charge in [-0.25, -0.2) is 8.78 Å². The van der Waals surface area contributed by atoms with Crippen molar-refractivity contribution in [3.63, 3.8) is 0 Å². The van der Waals surface area contributed by atoms with E-state index in [1.54, 1.807) is 19.2 Å². The molecular weight excluding hydrogens is 324 g/mol. The zero-order valence-corrected chi connectivity index (χ0v) is 14.3. The minimum atomic E-state index is -1.13. The molecule has 0 saturated carbocycles. The summed E-state index contributed by atoms with van der Waals surface area (Å²) in [6, 6.07) is 8.22. The number of aromatic nitrogens is 1. The van der Waals surface area contributed by atoms with Gasteiger partial charge in [0, 0.05) is 30.9 Å². The molecule has 0 spiro atoms. The van der Waals surface area contributed by atoms with Gasteiger partial charge < -0.3 is 10.2 Å². The first-order valence-electron chi connectivity index (χ1n) is 8.33. The van der Waals surface area contributed by atoms with Crippen LogP contribution in [0.3, 0.4) is 0 Å². The van der Waals surface area contributed by atoms with E-state index in [0.29, 0.717) is 29.8 Å². The number of nitrogens with one attached hydrogen (secondary N) is 1. The fourth-order valence-electron chi connectivity index (χ4n) is 3.09. The molecule has 25 heavy (non-hydrogen) atoms. The third-order valence-electron chi connectivity index (χ3n) is 4.51. The van der Waals surface area contributed by atoms with Crippen molar-refractivity contribution in [1.82, 2.24) is 10.3 Å². The number of hydrogen-bond acceptors (Lipinski definition) is 3. The Bertz CT molecular complexity index is 781. The number of piperidine rings is 1. The van der Waals surface area contributed by atoms with Gasteiger partial charge in [0.1, 0.15) is 12.0 Å². The number of pyridine rings is 1. The van der Waals surface area contributed by atoms with E-state index in [4.69, 9.17) is 0 Å². The van der Waals surface area contributed by atoms with Gasteiger partial charge in [-0.1, -0.05) is 12.1 Å². The van der Waals surface area contributed by atoms with E-state index in [-0.39, 0.29) is 18.3 Å². The number of halogens is 2. The molecule has 0 bridgehead atoms. The fourth-order valence-corrected chi connectivity index (χ4v) is 3.09. The predicted octanol–water partition coefficient (Wildman–Crippen LogP) is 3.25. The number of aryl methyl sites for hydroxylation is 1. The lowest BCUT2D eigenvalue weighted by molar-refractivity contribution is -0.120. The number of hydrogen-bond donors (Lipinski definition) is 1. The van der Waals surface area contributed by atoms with Gasteiger partial charge in [-0.15, -0.1) is 0 Å². The number of alkyl halides is 1.